The molecule has 0 saturated carbocycles. The van der Waals surface area contributed by atoms with E-state index in [-0.39, 0.29) is 23.9 Å². The number of aryl methyl sites for hydroxylation is 1. The summed E-state index contributed by atoms with van der Waals surface area (Å²) in [6.45, 7) is 10.4. The molecule has 3 aromatic carbocycles. The topological polar surface area (TPSA) is 175 Å². The molecule has 0 aliphatic carbocycles. The van der Waals surface area contributed by atoms with Crippen molar-refractivity contribution >= 4 is 62.7 Å². The van der Waals surface area contributed by atoms with Crippen LogP contribution in [0.15, 0.2) is 77.9 Å². The number of carbonyl (C=O) groups excluding carboxylic acids is 3. The fourth-order valence-corrected chi connectivity index (χ4v) is 9.34. The van der Waals surface area contributed by atoms with Crippen LogP contribution in [0.2, 0.25) is 0 Å². The number of pyridine rings is 1. The van der Waals surface area contributed by atoms with Crippen molar-refractivity contribution < 1.29 is 19.1 Å². The smallest absolute Gasteiger partial charge is 0.329 e. The van der Waals surface area contributed by atoms with Crippen molar-refractivity contribution in [3.8, 4) is 17.0 Å². The Balaban J connectivity index is 0.702. The molecule has 63 heavy (non-hydrogen) atoms. The largest absolute Gasteiger partial charge is 0.474 e. The number of piperidine rings is 1. The van der Waals surface area contributed by atoms with Gasteiger partial charge in [-0.2, -0.15) is 0 Å². The minimum Gasteiger partial charge on any atom is -0.474 e. The van der Waals surface area contributed by atoms with Gasteiger partial charge in [0.1, 0.15) is 18.3 Å². The zero-order valence-electron chi connectivity index (χ0n) is 35.5. The average molecular weight is 851 g/mol. The zero-order valence-corrected chi connectivity index (χ0v) is 35.5. The molecule has 4 aliphatic heterocycles. The number of piperazine rings is 2. The highest BCUT2D eigenvalue weighted by Crippen LogP contribution is 2.36. The van der Waals surface area contributed by atoms with E-state index in [2.05, 4.69) is 83.9 Å². The molecule has 10 rings (SSSR count). The van der Waals surface area contributed by atoms with Gasteiger partial charge in [-0.3, -0.25) is 38.6 Å². The van der Waals surface area contributed by atoms with Crippen molar-refractivity contribution in [2.24, 2.45) is 7.05 Å². The lowest BCUT2D eigenvalue weighted by molar-refractivity contribution is -0.136. The monoisotopic (exact) mass is 850 g/mol. The number of carbonyl (C=O) groups is 3. The maximum Gasteiger partial charge on any atom is 0.329 e. The summed E-state index contributed by atoms with van der Waals surface area (Å²) in [7, 11) is 1.72. The third-order valence-electron chi connectivity index (χ3n) is 12.9. The van der Waals surface area contributed by atoms with Crippen LogP contribution in [0.5, 0.6) is 5.88 Å². The maximum absolute atomic E-state index is 13.5. The second-order valence-corrected chi connectivity index (χ2v) is 16.8. The van der Waals surface area contributed by atoms with E-state index >= 15 is 0 Å². The molecule has 17 heteroatoms. The Hall–Kier alpha value is -6.85. The fraction of sp³-hybridized carbons (Fsp3) is 0.370. The molecule has 1 atom stereocenters. The Bertz CT molecular complexity index is 2810. The molecule has 7 heterocycles. The van der Waals surface area contributed by atoms with Crippen LogP contribution in [-0.2, 0) is 28.0 Å². The molecule has 4 aliphatic rings. The number of para-hydroxylation sites is 1. The van der Waals surface area contributed by atoms with E-state index in [0.717, 1.165) is 76.4 Å². The van der Waals surface area contributed by atoms with E-state index < -0.39 is 11.9 Å². The van der Waals surface area contributed by atoms with Gasteiger partial charge in [0.15, 0.2) is 0 Å². The molecule has 3 amide bonds. The second-order valence-electron chi connectivity index (χ2n) is 16.8. The molecule has 0 radical (unpaired) electrons. The molecule has 3 N–H and O–H groups in total. The van der Waals surface area contributed by atoms with Gasteiger partial charge >= 0.3 is 5.69 Å². The molecule has 3 aromatic heterocycles. The quantitative estimate of drug-likeness (QED) is 0.180. The summed E-state index contributed by atoms with van der Waals surface area (Å²) < 4.78 is 8.83. The number of nitrogens with zero attached hydrogens (tertiary/aromatic N) is 9. The van der Waals surface area contributed by atoms with E-state index in [1.165, 1.54) is 10.1 Å². The van der Waals surface area contributed by atoms with Gasteiger partial charge in [0.05, 0.1) is 28.8 Å². The minimum absolute atomic E-state index is 0.148. The van der Waals surface area contributed by atoms with E-state index in [0.29, 0.717) is 76.2 Å². The molecule has 3 saturated heterocycles. The first-order valence-corrected chi connectivity index (χ1v) is 21.7. The van der Waals surface area contributed by atoms with Gasteiger partial charge in [0.25, 0.3) is 0 Å². The summed E-state index contributed by atoms with van der Waals surface area (Å²) in [6, 6.07) is 19.6. The Labute approximate surface area is 363 Å². The number of amides is 3. The van der Waals surface area contributed by atoms with Crippen LogP contribution < -0.4 is 31.3 Å². The Morgan fingerprint density at radius 2 is 1.70 bits per heavy atom. The van der Waals surface area contributed by atoms with Crippen LogP contribution in [0.4, 0.5) is 23.0 Å². The summed E-state index contributed by atoms with van der Waals surface area (Å²) in [5, 5.41) is 10.1. The standard InChI is InChI=1S/C46H50N12O5/c1-29-34(26-48-44-41(29)47-14-23-63-44)31-8-9-32-25-49-45(51-35(32)24-31)50-33-10-6-30(7-11-33)27-54-17-21-57(22-18-54)40(60)28-55-15-19-56(20-16-55)36-4-3-5-37-42(36)53(2)46(62)58(37)38-12-13-39(59)52-43(38)61/h3-11,24-26,38,47H,12-23,27-28H2,1-2H3,(H,49,50,51)(H,52,59,61). The minimum atomic E-state index is -0.730. The van der Waals surface area contributed by atoms with Crippen molar-refractivity contribution in [3.05, 3.63) is 94.7 Å². The number of hydrogen-bond acceptors (Lipinski definition) is 13. The second kappa shape index (κ2) is 16.8. The number of anilines is 4. The van der Waals surface area contributed by atoms with E-state index in [1.807, 2.05) is 41.6 Å². The highest BCUT2D eigenvalue weighted by Gasteiger charge is 2.33. The summed E-state index contributed by atoms with van der Waals surface area (Å²) in [5.41, 5.74) is 9.10. The van der Waals surface area contributed by atoms with Gasteiger partial charge in [-0.15, -0.1) is 0 Å². The lowest BCUT2D eigenvalue weighted by Crippen LogP contribution is -2.53. The number of ether oxygens (including phenoxy) is 1. The zero-order chi connectivity index (χ0) is 43.2. The number of hydrogen-bond donors (Lipinski definition) is 3. The van der Waals surface area contributed by atoms with E-state index in [1.54, 1.807) is 11.6 Å². The van der Waals surface area contributed by atoms with Gasteiger partial charge in [0, 0.05) is 108 Å². The third-order valence-corrected chi connectivity index (χ3v) is 12.9. The number of fused-ring (bicyclic) bond motifs is 3. The molecule has 6 aromatic rings. The summed E-state index contributed by atoms with van der Waals surface area (Å²) in [6.07, 6.45) is 4.18. The lowest BCUT2D eigenvalue weighted by Gasteiger charge is -2.38. The SMILES string of the molecule is Cc1c(-c2ccc3cnc(Nc4ccc(CN5CCN(C(=O)CN6CCN(c7cccc8c7n(C)c(=O)n8C7CCC(=O)NC7=O)CC6)CC5)cc4)nc3c2)cnc2c1NCCO2. The van der Waals surface area contributed by atoms with Gasteiger partial charge < -0.3 is 25.2 Å². The van der Waals surface area contributed by atoms with E-state index in [4.69, 9.17) is 9.72 Å². The molecule has 324 valence electrons. The van der Waals surface area contributed by atoms with E-state index in [9.17, 15) is 19.2 Å². The number of imidazole rings is 1. The molecule has 3 fully saturated rings. The molecule has 17 nitrogen and oxygen atoms in total. The molecule has 0 bridgehead atoms. The van der Waals surface area contributed by atoms with Gasteiger partial charge in [0.2, 0.25) is 29.5 Å². The van der Waals surface area contributed by atoms with Crippen molar-refractivity contribution in [1.82, 2.24) is 44.1 Å². The van der Waals surface area contributed by atoms with Crippen molar-refractivity contribution in [3.63, 3.8) is 0 Å². The first-order chi connectivity index (χ1) is 30.7. The van der Waals surface area contributed by atoms with Crippen LogP contribution in [0.1, 0.15) is 30.0 Å². The normalized spacial score (nSPS) is 18.5. The van der Waals surface area contributed by atoms with Crippen LogP contribution >= 0.6 is 0 Å². The highest BCUT2D eigenvalue weighted by molar-refractivity contribution is 6.00. The number of rotatable bonds is 9. The summed E-state index contributed by atoms with van der Waals surface area (Å²) in [4.78, 5) is 74.2. The van der Waals surface area contributed by atoms with Crippen molar-refractivity contribution in [1.29, 1.82) is 0 Å². The predicted molar refractivity (Wildman–Crippen MR) is 240 cm³/mol. The number of aromatic nitrogens is 5. The van der Waals surface area contributed by atoms with Crippen LogP contribution in [-0.4, -0.2) is 129 Å². The average Bonchev–Trinajstić information content (AvgIpc) is 3.56. The molecular weight excluding hydrogens is 801 g/mol. The van der Waals surface area contributed by atoms with Crippen LogP contribution in [0, 0.1) is 6.92 Å². The number of imide groups is 1. The third kappa shape index (κ3) is 7.93. The fourth-order valence-electron chi connectivity index (χ4n) is 9.34. The Morgan fingerprint density at radius 1 is 0.905 bits per heavy atom. The summed E-state index contributed by atoms with van der Waals surface area (Å²) >= 11 is 0. The maximum atomic E-state index is 13.5. The molecular formula is C46H50N12O5. The Kier molecular flexibility index (Phi) is 10.7. The number of nitrogens with one attached hydrogen (secondary N) is 3. The highest BCUT2D eigenvalue weighted by atomic mass is 16.5. The van der Waals surface area contributed by atoms with Crippen molar-refractivity contribution in [2.75, 3.05) is 87.6 Å². The van der Waals surface area contributed by atoms with Crippen LogP contribution in [0.3, 0.4) is 0 Å². The Morgan fingerprint density at radius 3 is 2.49 bits per heavy atom. The first-order valence-electron chi connectivity index (χ1n) is 21.7. The predicted octanol–water partition coefficient (Wildman–Crippen LogP) is 3.65. The van der Waals surface area contributed by atoms with Gasteiger partial charge in [-0.1, -0.05) is 30.3 Å². The number of benzene rings is 3. The summed E-state index contributed by atoms with van der Waals surface area (Å²) in [5.74, 6) is 0.555. The van der Waals surface area contributed by atoms with Crippen LogP contribution in [0.25, 0.3) is 33.1 Å². The first kappa shape index (κ1) is 40.2. The van der Waals surface area contributed by atoms with Gasteiger partial charge in [-0.25, -0.2) is 19.7 Å². The van der Waals surface area contributed by atoms with Crippen molar-refractivity contribution in [2.45, 2.75) is 32.4 Å². The lowest BCUT2D eigenvalue weighted by atomic mass is 10.00. The molecule has 1 unspecified atom stereocenters. The molecule has 0 spiro atoms. The van der Waals surface area contributed by atoms with Gasteiger partial charge in [-0.05, 0) is 60.4 Å².